The Morgan fingerprint density at radius 2 is 1.78 bits per heavy atom. The van der Waals surface area contributed by atoms with E-state index in [2.05, 4.69) is 5.32 Å². The largest absolute Gasteiger partial charge is 0.467 e. The lowest BCUT2D eigenvalue weighted by Gasteiger charge is -2.32. The molecule has 1 N–H and O–H groups in total. The number of carbonyl (C=O) groups is 2. The van der Waals surface area contributed by atoms with E-state index in [1.807, 2.05) is 72.1 Å². The van der Waals surface area contributed by atoms with Crippen LogP contribution in [0.15, 0.2) is 72.1 Å². The third-order valence-electron chi connectivity index (χ3n) is 5.09. The van der Waals surface area contributed by atoms with Crippen LogP contribution in [0.3, 0.4) is 0 Å². The molecule has 2 atom stereocenters. The maximum atomic E-state index is 13.0. The molecule has 0 saturated heterocycles. The van der Waals surface area contributed by atoms with Crippen LogP contribution in [-0.4, -0.2) is 18.9 Å². The lowest BCUT2D eigenvalue weighted by molar-refractivity contribution is -0.147. The summed E-state index contributed by atoms with van der Waals surface area (Å²) in [6.45, 7) is 0. The number of ether oxygens (including phenoxy) is 1. The molecule has 1 aromatic heterocycles. The van der Waals surface area contributed by atoms with Crippen molar-refractivity contribution in [2.75, 3.05) is 12.4 Å². The Balaban J connectivity index is 1.83. The molecule has 1 aliphatic rings. The van der Waals surface area contributed by atoms with Gasteiger partial charge < -0.3 is 10.1 Å². The molecule has 2 heterocycles. The summed E-state index contributed by atoms with van der Waals surface area (Å²) in [5, 5.41) is 5.32. The Morgan fingerprint density at radius 1 is 1.04 bits per heavy atom. The first-order valence-corrected chi connectivity index (χ1v) is 9.62. The number of carbonyl (C=O) groups excluding carboxylic acids is 2. The molecule has 5 heteroatoms. The van der Waals surface area contributed by atoms with Gasteiger partial charge in [-0.3, -0.25) is 4.79 Å². The van der Waals surface area contributed by atoms with Crippen molar-refractivity contribution in [2.24, 2.45) is 0 Å². The average molecular weight is 377 g/mol. The molecule has 0 unspecified atom stereocenters. The van der Waals surface area contributed by atoms with Gasteiger partial charge in [0.15, 0.2) is 11.3 Å². The molecule has 0 saturated carbocycles. The molecule has 0 bridgehead atoms. The van der Waals surface area contributed by atoms with Crippen LogP contribution in [0.25, 0.3) is 0 Å². The number of hydrogen-bond donors (Lipinski definition) is 1. The van der Waals surface area contributed by atoms with E-state index in [1.54, 1.807) is 0 Å². The number of rotatable bonds is 5. The van der Waals surface area contributed by atoms with Crippen LogP contribution in [0, 0.1) is 0 Å². The average Bonchev–Trinajstić information content (AvgIpc) is 3.35. The zero-order valence-corrected chi connectivity index (χ0v) is 15.7. The minimum absolute atomic E-state index is 0.00365. The Morgan fingerprint density at radius 3 is 2.48 bits per heavy atom. The van der Waals surface area contributed by atoms with Crippen LogP contribution in [0.2, 0.25) is 0 Å². The summed E-state index contributed by atoms with van der Waals surface area (Å²) in [5.74, 6) is -0.733. The first-order valence-electron chi connectivity index (χ1n) is 8.74. The summed E-state index contributed by atoms with van der Waals surface area (Å²) >= 11 is 1.49. The Labute approximate surface area is 161 Å². The van der Waals surface area contributed by atoms with Crippen LogP contribution < -0.4 is 5.32 Å². The second kappa shape index (κ2) is 7.00. The fourth-order valence-electron chi connectivity index (χ4n) is 3.83. The number of anilines is 1. The molecule has 0 amide bonds. The number of esters is 1. The Hall–Kier alpha value is -2.92. The highest BCUT2D eigenvalue weighted by molar-refractivity contribution is 7.10. The zero-order valence-electron chi connectivity index (χ0n) is 14.8. The van der Waals surface area contributed by atoms with Crippen LogP contribution in [0.1, 0.15) is 33.1 Å². The standard InChI is InChI=1S/C22H19NO3S/c1-26-21(25)22(20-12-7-13-27-20)17(16-10-5-6-11-18(16)23-22)14-19(24)15-8-3-2-4-9-15/h2-13,17,23H,14H2,1H3/t17-,22+/m0/s1. The molecule has 0 spiro atoms. The fourth-order valence-corrected chi connectivity index (χ4v) is 4.75. The van der Waals surface area contributed by atoms with Crippen LogP contribution >= 0.6 is 11.3 Å². The van der Waals surface area contributed by atoms with Gasteiger partial charge in [0.2, 0.25) is 0 Å². The number of fused-ring (bicyclic) bond motifs is 1. The summed E-state index contributed by atoms with van der Waals surface area (Å²) < 4.78 is 5.20. The molecule has 0 aliphatic carbocycles. The van der Waals surface area contributed by atoms with Gasteiger partial charge in [0, 0.05) is 28.5 Å². The molecule has 0 fully saturated rings. The van der Waals surface area contributed by atoms with Crippen molar-refractivity contribution in [2.45, 2.75) is 17.9 Å². The molecule has 0 radical (unpaired) electrons. The van der Waals surface area contributed by atoms with Gasteiger partial charge in [-0.15, -0.1) is 11.3 Å². The van der Waals surface area contributed by atoms with Crippen molar-refractivity contribution in [1.29, 1.82) is 0 Å². The first-order chi connectivity index (χ1) is 13.2. The molecule has 136 valence electrons. The van der Waals surface area contributed by atoms with E-state index in [0.29, 0.717) is 5.56 Å². The van der Waals surface area contributed by atoms with Crippen LogP contribution in [-0.2, 0) is 15.1 Å². The Bertz CT molecular complexity index is 968. The van der Waals surface area contributed by atoms with Crippen molar-refractivity contribution >= 4 is 28.8 Å². The highest BCUT2D eigenvalue weighted by Gasteiger charge is 2.55. The smallest absolute Gasteiger partial charge is 0.337 e. The highest BCUT2D eigenvalue weighted by Crippen LogP contribution is 2.52. The monoisotopic (exact) mass is 377 g/mol. The van der Waals surface area contributed by atoms with Crippen molar-refractivity contribution in [3.8, 4) is 0 Å². The van der Waals surface area contributed by atoms with E-state index < -0.39 is 5.54 Å². The number of Topliss-reactive ketones (excluding diaryl/α,β-unsaturated/α-hetero) is 1. The van der Waals surface area contributed by atoms with E-state index in [4.69, 9.17) is 4.74 Å². The van der Waals surface area contributed by atoms with E-state index in [0.717, 1.165) is 16.1 Å². The SMILES string of the molecule is COC(=O)[C@@]1(c2cccs2)Nc2ccccc2[C@@H]1CC(=O)c1ccccc1. The lowest BCUT2D eigenvalue weighted by atomic mass is 9.77. The molecule has 27 heavy (non-hydrogen) atoms. The summed E-state index contributed by atoms with van der Waals surface area (Å²) in [6.07, 6.45) is 0.209. The first kappa shape index (κ1) is 17.5. The number of hydrogen-bond acceptors (Lipinski definition) is 5. The fraction of sp³-hybridized carbons (Fsp3) is 0.182. The number of methoxy groups -OCH3 is 1. The van der Waals surface area contributed by atoms with E-state index in [1.165, 1.54) is 18.4 Å². The lowest BCUT2D eigenvalue weighted by Crippen LogP contribution is -2.45. The van der Waals surface area contributed by atoms with E-state index in [-0.39, 0.29) is 24.1 Å². The van der Waals surface area contributed by atoms with Gasteiger partial charge in [0.05, 0.1) is 7.11 Å². The molecule has 2 aromatic carbocycles. The second-order valence-electron chi connectivity index (χ2n) is 6.54. The van der Waals surface area contributed by atoms with Crippen molar-refractivity contribution < 1.29 is 14.3 Å². The van der Waals surface area contributed by atoms with E-state index >= 15 is 0 Å². The Kier molecular flexibility index (Phi) is 4.54. The van der Waals surface area contributed by atoms with Crippen molar-refractivity contribution in [1.82, 2.24) is 0 Å². The highest BCUT2D eigenvalue weighted by atomic mass is 32.1. The van der Waals surface area contributed by atoms with Gasteiger partial charge in [0.25, 0.3) is 0 Å². The van der Waals surface area contributed by atoms with Gasteiger partial charge in [0.1, 0.15) is 0 Å². The minimum atomic E-state index is -1.10. The summed E-state index contributed by atoms with van der Waals surface area (Å²) in [6, 6.07) is 20.8. The molecule has 1 aliphatic heterocycles. The van der Waals surface area contributed by atoms with Crippen molar-refractivity contribution in [3.63, 3.8) is 0 Å². The quantitative estimate of drug-likeness (QED) is 0.522. The topological polar surface area (TPSA) is 55.4 Å². The van der Waals surface area contributed by atoms with E-state index in [9.17, 15) is 9.59 Å². The molecular formula is C22H19NO3S. The van der Waals surface area contributed by atoms with Gasteiger partial charge in [-0.1, -0.05) is 54.6 Å². The predicted molar refractivity (Wildman–Crippen MR) is 106 cm³/mol. The second-order valence-corrected chi connectivity index (χ2v) is 7.48. The van der Waals surface area contributed by atoms with Crippen molar-refractivity contribution in [3.05, 3.63) is 88.1 Å². The van der Waals surface area contributed by atoms with Gasteiger partial charge in [-0.25, -0.2) is 4.79 Å². The minimum Gasteiger partial charge on any atom is -0.467 e. The molecule has 3 aromatic rings. The number of thiophene rings is 1. The van der Waals surface area contributed by atoms with Gasteiger partial charge in [-0.05, 0) is 23.1 Å². The van der Waals surface area contributed by atoms with Crippen LogP contribution in [0.4, 0.5) is 5.69 Å². The normalized spacial score (nSPS) is 20.6. The summed E-state index contributed by atoms with van der Waals surface area (Å²) in [7, 11) is 1.39. The summed E-state index contributed by atoms with van der Waals surface area (Å²) in [5.41, 5.74) is 1.37. The number of ketones is 1. The third-order valence-corrected chi connectivity index (χ3v) is 6.10. The number of nitrogens with one attached hydrogen (secondary N) is 1. The molecule has 4 rings (SSSR count). The molecular weight excluding hydrogens is 358 g/mol. The molecule has 4 nitrogen and oxygen atoms in total. The predicted octanol–water partition coefficient (Wildman–Crippen LogP) is 4.60. The number of benzene rings is 2. The number of para-hydroxylation sites is 1. The van der Waals surface area contributed by atoms with Gasteiger partial charge in [-0.2, -0.15) is 0 Å². The van der Waals surface area contributed by atoms with Gasteiger partial charge >= 0.3 is 5.97 Å². The zero-order chi connectivity index (χ0) is 18.9. The summed E-state index contributed by atoms with van der Waals surface area (Å²) in [4.78, 5) is 26.9. The maximum absolute atomic E-state index is 13.0. The van der Waals surface area contributed by atoms with Crippen LogP contribution in [0.5, 0.6) is 0 Å². The maximum Gasteiger partial charge on any atom is 0.337 e. The third kappa shape index (κ3) is 2.84.